The Kier molecular flexibility index (Phi) is 3.81. The van der Waals surface area contributed by atoms with E-state index in [9.17, 15) is 0 Å². The molecule has 0 atom stereocenters. The number of hydrogen-bond acceptors (Lipinski definition) is 4. The highest BCUT2D eigenvalue weighted by Crippen LogP contribution is 2.26. The van der Waals surface area contributed by atoms with Crippen LogP contribution in [-0.4, -0.2) is 17.1 Å². The lowest BCUT2D eigenvalue weighted by Gasteiger charge is -2.08. The second-order valence-corrected chi connectivity index (χ2v) is 4.53. The number of nitrogens with zero attached hydrogens (tertiary/aromatic N) is 2. The Morgan fingerprint density at radius 1 is 1.24 bits per heavy atom. The van der Waals surface area contributed by atoms with Crippen LogP contribution >= 0.6 is 27.5 Å². The minimum Gasteiger partial charge on any atom is -0.497 e. The van der Waals surface area contributed by atoms with Crippen molar-refractivity contribution >= 4 is 39.0 Å². The van der Waals surface area contributed by atoms with Crippen LogP contribution < -0.4 is 10.1 Å². The van der Waals surface area contributed by atoms with Crippen LogP contribution in [0, 0.1) is 0 Å². The lowest BCUT2D eigenvalue weighted by atomic mass is 10.3. The molecular weight excluding hydrogens is 305 g/mol. The third-order valence-corrected chi connectivity index (χ3v) is 2.68. The summed E-state index contributed by atoms with van der Waals surface area (Å²) in [7, 11) is 1.62. The monoisotopic (exact) mass is 313 g/mol. The molecule has 88 valence electrons. The van der Waals surface area contributed by atoms with Crippen molar-refractivity contribution in [3.05, 3.63) is 40.2 Å². The molecule has 0 fully saturated rings. The predicted molar refractivity (Wildman–Crippen MR) is 71.0 cm³/mol. The van der Waals surface area contributed by atoms with Gasteiger partial charge >= 0.3 is 0 Å². The molecule has 0 aliphatic heterocycles. The number of ether oxygens (including phenoxy) is 1. The fourth-order valence-corrected chi connectivity index (χ4v) is 1.92. The average molecular weight is 315 g/mol. The van der Waals surface area contributed by atoms with Crippen molar-refractivity contribution in [3.8, 4) is 5.75 Å². The fourth-order valence-electron chi connectivity index (χ4n) is 1.30. The van der Waals surface area contributed by atoms with E-state index in [1.165, 1.54) is 6.33 Å². The summed E-state index contributed by atoms with van der Waals surface area (Å²) in [5, 5.41) is 3.51. The van der Waals surface area contributed by atoms with Crippen LogP contribution in [0.5, 0.6) is 5.75 Å². The van der Waals surface area contributed by atoms with Crippen molar-refractivity contribution in [2.75, 3.05) is 12.4 Å². The minimum absolute atomic E-state index is 0.393. The van der Waals surface area contributed by atoms with Crippen molar-refractivity contribution in [2.45, 2.75) is 0 Å². The van der Waals surface area contributed by atoms with Crippen LogP contribution in [-0.2, 0) is 0 Å². The van der Waals surface area contributed by atoms with Gasteiger partial charge in [-0.05, 0) is 12.1 Å². The average Bonchev–Trinajstić information content (AvgIpc) is 2.28. The van der Waals surface area contributed by atoms with Gasteiger partial charge in [-0.25, -0.2) is 9.97 Å². The van der Waals surface area contributed by atoms with Gasteiger partial charge < -0.3 is 10.1 Å². The first-order chi connectivity index (χ1) is 8.17. The Bertz CT molecular complexity index is 536. The van der Waals surface area contributed by atoms with Gasteiger partial charge in [-0.3, -0.25) is 0 Å². The maximum Gasteiger partial charge on any atom is 0.135 e. The van der Waals surface area contributed by atoms with Gasteiger partial charge in [-0.1, -0.05) is 27.5 Å². The molecule has 1 N–H and O–H groups in total. The first kappa shape index (κ1) is 12.1. The first-order valence-electron chi connectivity index (χ1n) is 4.76. The fraction of sp³-hybridized carbons (Fsp3) is 0.0909. The highest BCUT2D eigenvalue weighted by atomic mass is 79.9. The molecule has 0 bridgehead atoms. The molecule has 0 saturated heterocycles. The smallest absolute Gasteiger partial charge is 0.135 e. The number of methoxy groups -OCH3 is 1. The number of hydrogen-bond donors (Lipinski definition) is 1. The van der Waals surface area contributed by atoms with Crippen molar-refractivity contribution in [3.63, 3.8) is 0 Å². The highest BCUT2D eigenvalue weighted by Gasteiger charge is 2.01. The molecule has 2 rings (SSSR count). The Hall–Kier alpha value is -1.33. The van der Waals surface area contributed by atoms with Gasteiger partial charge in [0.2, 0.25) is 0 Å². The highest BCUT2D eigenvalue weighted by molar-refractivity contribution is 9.10. The molecule has 1 aromatic heterocycles. The molecular formula is C11H9BrClN3O. The van der Waals surface area contributed by atoms with E-state index in [0.717, 1.165) is 15.9 Å². The van der Waals surface area contributed by atoms with E-state index in [2.05, 4.69) is 31.2 Å². The van der Waals surface area contributed by atoms with Gasteiger partial charge in [0.15, 0.2) is 0 Å². The van der Waals surface area contributed by atoms with E-state index in [1.807, 2.05) is 18.2 Å². The summed E-state index contributed by atoms with van der Waals surface area (Å²) in [5.41, 5.74) is 0.853. The molecule has 0 amide bonds. The summed E-state index contributed by atoms with van der Waals surface area (Å²) in [5.74, 6) is 1.38. The molecule has 0 saturated carbocycles. The standard InChI is InChI=1S/C11H9BrClN3O/c1-17-9-3-7(12)2-8(4-9)16-11-5-10(13)14-6-15-11/h2-6H,1H3,(H,14,15,16). The molecule has 17 heavy (non-hydrogen) atoms. The maximum absolute atomic E-state index is 5.78. The number of aromatic nitrogens is 2. The Balaban J connectivity index is 2.26. The summed E-state index contributed by atoms with van der Waals surface area (Å²) in [6.45, 7) is 0. The predicted octanol–water partition coefficient (Wildman–Crippen LogP) is 3.64. The van der Waals surface area contributed by atoms with Crippen molar-refractivity contribution in [1.29, 1.82) is 0 Å². The third-order valence-electron chi connectivity index (χ3n) is 2.01. The lowest BCUT2D eigenvalue weighted by molar-refractivity contribution is 0.415. The molecule has 0 unspecified atom stereocenters. The largest absolute Gasteiger partial charge is 0.497 e. The lowest BCUT2D eigenvalue weighted by Crippen LogP contribution is -1.95. The van der Waals surface area contributed by atoms with Crippen LogP contribution in [0.3, 0.4) is 0 Å². The van der Waals surface area contributed by atoms with E-state index in [1.54, 1.807) is 13.2 Å². The molecule has 0 spiro atoms. The first-order valence-corrected chi connectivity index (χ1v) is 5.93. The molecule has 4 nitrogen and oxygen atoms in total. The molecule has 0 aliphatic carbocycles. The van der Waals surface area contributed by atoms with Gasteiger partial charge in [0, 0.05) is 22.3 Å². The van der Waals surface area contributed by atoms with Crippen molar-refractivity contribution in [1.82, 2.24) is 9.97 Å². The molecule has 2 aromatic rings. The van der Waals surface area contributed by atoms with Crippen molar-refractivity contribution < 1.29 is 4.74 Å². The summed E-state index contributed by atoms with van der Waals surface area (Å²) in [6, 6.07) is 7.30. The van der Waals surface area contributed by atoms with Crippen LogP contribution in [0.4, 0.5) is 11.5 Å². The topological polar surface area (TPSA) is 47.0 Å². The third kappa shape index (κ3) is 3.31. The second-order valence-electron chi connectivity index (χ2n) is 3.23. The summed E-state index contributed by atoms with van der Waals surface area (Å²) >= 11 is 9.18. The van der Waals surface area contributed by atoms with Crippen molar-refractivity contribution in [2.24, 2.45) is 0 Å². The molecule has 1 heterocycles. The van der Waals surface area contributed by atoms with Gasteiger partial charge in [-0.2, -0.15) is 0 Å². The Labute approximate surface area is 112 Å². The van der Waals surface area contributed by atoms with Gasteiger partial charge in [0.1, 0.15) is 23.0 Å². The minimum atomic E-state index is 0.393. The van der Waals surface area contributed by atoms with E-state index in [4.69, 9.17) is 16.3 Å². The SMILES string of the molecule is COc1cc(Br)cc(Nc2cc(Cl)ncn2)c1. The number of benzene rings is 1. The summed E-state index contributed by atoms with van der Waals surface area (Å²) < 4.78 is 6.08. The quantitative estimate of drug-likeness (QED) is 0.879. The van der Waals surface area contributed by atoms with E-state index in [0.29, 0.717) is 11.0 Å². The van der Waals surface area contributed by atoms with Crippen LogP contribution in [0.2, 0.25) is 5.15 Å². The van der Waals surface area contributed by atoms with Gasteiger partial charge in [-0.15, -0.1) is 0 Å². The second kappa shape index (κ2) is 5.33. The molecule has 0 radical (unpaired) electrons. The molecule has 6 heteroatoms. The van der Waals surface area contributed by atoms with Crippen LogP contribution in [0.15, 0.2) is 35.1 Å². The van der Waals surface area contributed by atoms with Gasteiger partial charge in [0.05, 0.1) is 7.11 Å². The number of anilines is 2. The maximum atomic E-state index is 5.78. The van der Waals surface area contributed by atoms with E-state index < -0.39 is 0 Å². The van der Waals surface area contributed by atoms with Crippen LogP contribution in [0.1, 0.15) is 0 Å². The Morgan fingerprint density at radius 2 is 2.06 bits per heavy atom. The van der Waals surface area contributed by atoms with E-state index in [-0.39, 0.29) is 0 Å². The Morgan fingerprint density at radius 3 is 2.76 bits per heavy atom. The number of nitrogens with one attached hydrogen (secondary N) is 1. The zero-order chi connectivity index (χ0) is 12.3. The van der Waals surface area contributed by atoms with Crippen LogP contribution in [0.25, 0.3) is 0 Å². The zero-order valence-electron chi connectivity index (χ0n) is 8.95. The van der Waals surface area contributed by atoms with E-state index >= 15 is 0 Å². The normalized spacial score (nSPS) is 10.1. The number of rotatable bonds is 3. The molecule has 0 aliphatic rings. The molecule has 1 aromatic carbocycles. The summed E-state index contributed by atoms with van der Waals surface area (Å²) in [6.07, 6.45) is 1.40. The van der Waals surface area contributed by atoms with Gasteiger partial charge in [0.25, 0.3) is 0 Å². The zero-order valence-corrected chi connectivity index (χ0v) is 11.3. The number of halogens is 2. The summed E-state index contributed by atoms with van der Waals surface area (Å²) in [4.78, 5) is 7.87.